The summed E-state index contributed by atoms with van der Waals surface area (Å²) in [5.74, 6) is -0.367. The van der Waals surface area contributed by atoms with E-state index in [9.17, 15) is 13.2 Å². The number of ether oxygens (including phenoxy) is 1. The summed E-state index contributed by atoms with van der Waals surface area (Å²) in [7, 11) is 0. The molecule has 1 N–H and O–H groups in total. The summed E-state index contributed by atoms with van der Waals surface area (Å²) < 4.78 is 40.7. The van der Waals surface area contributed by atoms with Crippen LogP contribution in [-0.2, 0) is 6.61 Å². The molecule has 2 rings (SSSR count). The number of aliphatic hydroxyl groups excluding tert-OH is 1. The van der Waals surface area contributed by atoms with Gasteiger partial charge in [-0.3, -0.25) is 0 Å². The summed E-state index contributed by atoms with van der Waals surface area (Å²) in [4.78, 5) is 0. The van der Waals surface area contributed by atoms with Gasteiger partial charge in [0.15, 0.2) is 0 Å². The second-order valence-corrected chi connectivity index (χ2v) is 4.51. The Morgan fingerprint density at radius 2 is 1.65 bits per heavy atom. The van der Waals surface area contributed by atoms with Crippen molar-refractivity contribution in [2.45, 2.75) is 13.0 Å². The average Bonchev–Trinajstić information content (AvgIpc) is 2.37. The standard InChI is InChI=1S/C14H10ClF3O2/c15-12-3-1-10(2-4-12)11-5-9(8-19)6-13(7-11)20-14(16,17)18/h1-7,19H,8H2. The Kier molecular flexibility index (Phi) is 4.20. The van der Waals surface area contributed by atoms with Gasteiger partial charge in [0.2, 0.25) is 0 Å². The molecule has 0 bridgehead atoms. The zero-order valence-corrected chi connectivity index (χ0v) is 10.9. The minimum absolute atomic E-state index is 0.330. The summed E-state index contributed by atoms with van der Waals surface area (Å²) >= 11 is 5.76. The highest BCUT2D eigenvalue weighted by atomic mass is 35.5. The maximum atomic E-state index is 12.3. The molecule has 0 radical (unpaired) electrons. The van der Waals surface area contributed by atoms with Crippen LogP contribution in [0.4, 0.5) is 13.2 Å². The Hall–Kier alpha value is -1.72. The van der Waals surface area contributed by atoms with E-state index in [4.69, 9.17) is 16.7 Å². The van der Waals surface area contributed by atoms with Crippen molar-refractivity contribution in [3.63, 3.8) is 0 Å². The molecule has 0 saturated heterocycles. The highest BCUT2D eigenvalue weighted by Crippen LogP contribution is 2.30. The van der Waals surface area contributed by atoms with Gasteiger partial charge in [-0.25, -0.2) is 0 Å². The third kappa shape index (κ3) is 3.88. The van der Waals surface area contributed by atoms with Crippen molar-refractivity contribution >= 4 is 11.6 Å². The van der Waals surface area contributed by atoms with Gasteiger partial charge in [-0.05, 0) is 47.0 Å². The first-order valence-corrected chi connectivity index (χ1v) is 6.02. The van der Waals surface area contributed by atoms with Gasteiger partial charge in [0, 0.05) is 5.02 Å². The van der Waals surface area contributed by atoms with E-state index in [-0.39, 0.29) is 12.4 Å². The van der Waals surface area contributed by atoms with Crippen LogP contribution in [0.3, 0.4) is 0 Å². The molecule has 0 aliphatic heterocycles. The van der Waals surface area contributed by atoms with Crippen molar-refractivity contribution in [3.8, 4) is 16.9 Å². The topological polar surface area (TPSA) is 29.5 Å². The van der Waals surface area contributed by atoms with E-state index in [1.165, 1.54) is 6.07 Å². The Bertz CT molecular complexity index is 594. The van der Waals surface area contributed by atoms with Crippen LogP contribution < -0.4 is 4.74 Å². The molecule has 0 heterocycles. The van der Waals surface area contributed by atoms with Crippen LogP contribution in [-0.4, -0.2) is 11.5 Å². The van der Waals surface area contributed by atoms with Crippen LogP contribution in [0, 0.1) is 0 Å². The van der Waals surface area contributed by atoms with Crippen molar-refractivity contribution in [3.05, 3.63) is 53.1 Å². The van der Waals surface area contributed by atoms with Crippen molar-refractivity contribution in [1.29, 1.82) is 0 Å². The normalized spacial score (nSPS) is 11.4. The Morgan fingerprint density at radius 3 is 2.20 bits per heavy atom. The third-order valence-electron chi connectivity index (χ3n) is 2.56. The predicted octanol–water partition coefficient (Wildman–Crippen LogP) is 4.40. The SMILES string of the molecule is OCc1cc(OC(F)(F)F)cc(-c2ccc(Cl)cc2)c1. The molecule has 0 aliphatic carbocycles. The first-order valence-electron chi connectivity index (χ1n) is 5.64. The van der Waals surface area contributed by atoms with E-state index in [1.807, 2.05) is 0 Å². The van der Waals surface area contributed by atoms with E-state index in [2.05, 4.69) is 4.74 Å². The van der Waals surface area contributed by atoms with Crippen molar-refractivity contribution < 1.29 is 23.0 Å². The largest absolute Gasteiger partial charge is 0.573 e. The zero-order valence-electron chi connectivity index (χ0n) is 10.1. The summed E-state index contributed by atoms with van der Waals surface area (Å²) in [6.07, 6.45) is -4.77. The van der Waals surface area contributed by atoms with Crippen LogP contribution in [0.1, 0.15) is 5.56 Å². The minimum atomic E-state index is -4.77. The Balaban J connectivity index is 2.42. The van der Waals surface area contributed by atoms with Crippen molar-refractivity contribution in [1.82, 2.24) is 0 Å². The van der Waals surface area contributed by atoms with Gasteiger partial charge < -0.3 is 9.84 Å². The molecule has 2 aromatic carbocycles. The molecule has 0 atom stereocenters. The number of aliphatic hydroxyl groups is 1. The lowest BCUT2D eigenvalue weighted by molar-refractivity contribution is -0.274. The summed E-state index contributed by atoms with van der Waals surface area (Å²) in [5.41, 5.74) is 1.51. The van der Waals surface area contributed by atoms with E-state index in [0.717, 1.165) is 6.07 Å². The van der Waals surface area contributed by atoms with Gasteiger partial charge in [0.05, 0.1) is 6.61 Å². The molecule has 20 heavy (non-hydrogen) atoms. The minimum Gasteiger partial charge on any atom is -0.406 e. The van der Waals surface area contributed by atoms with Gasteiger partial charge in [0.25, 0.3) is 0 Å². The van der Waals surface area contributed by atoms with Crippen molar-refractivity contribution in [2.24, 2.45) is 0 Å². The fourth-order valence-electron chi connectivity index (χ4n) is 1.75. The monoisotopic (exact) mass is 302 g/mol. The maximum Gasteiger partial charge on any atom is 0.573 e. The fourth-order valence-corrected chi connectivity index (χ4v) is 1.88. The third-order valence-corrected chi connectivity index (χ3v) is 2.81. The number of halogens is 4. The van der Waals surface area contributed by atoms with Crippen LogP contribution in [0.5, 0.6) is 5.75 Å². The molecule has 0 aliphatic rings. The Morgan fingerprint density at radius 1 is 1.00 bits per heavy atom. The van der Waals surface area contributed by atoms with Crippen molar-refractivity contribution in [2.75, 3.05) is 0 Å². The lowest BCUT2D eigenvalue weighted by atomic mass is 10.0. The van der Waals surface area contributed by atoms with Crippen LogP contribution >= 0.6 is 11.6 Å². The molecule has 0 spiro atoms. The lowest BCUT2D eigenvalue weighted by Gasteiger charge is -2.12. The van der Waals surface area contributed by atoms with E-state index < -0.39 is 6.36 Å². The average molecular weight is 303 g/mol. The van der Waals surface area contributed by atoms with Gasteiger partial charge in [-0.1, -0.05) is 23.7 Å². The molecule has 106 valence electrons. The number of hydrogen-bond donors (Lipinski definition) is 1. The smallest absolute Gasteiger partial charge is 0.406 e. The molecule has 0 unspecified atom stereocenters. The summed E-state index contributed by atoms with van der Waals surface area (Å²) in [6.45, 7) is -0.379. The number of benzene rings is 2. The molecule has 0 saturated carbocycles. The number of alkyl halides is 3. The van der Waals surface area contributed by atoms with Crippen LogP contribution in [0.15, 0.2) is 42.5 Å². The summed E-state index contributed by atoms with van der Waals surface area (Å²) in [6, 6.07) is 10.6. The van der Waals surface area contributed by atoms with Gasteiger partial charge >= 0.3 is 6.36 Å². The lowest BCUT2D eigenvalue weighted by Crippen LogP contribution is -2.17. The van der Waals surface area contributed by atoms with Gasteiger partial charge in [-0.2, -0.15) is 0 Å². The molecule has 2 aromatic rings. The van der Waals surface area contributed by atoms with E-state index >= 15 is 0 Å². The van der Waals surface area contributed by atoms with E-state index in [1.54, 1.807) is 30.3 Å². The quantitative estimate of drug-likeness (QED) is 0.910. The molecule has 6 heteroatoms. The second-order valence-electron chi connectivity index (χ2n) is 4.08. The first kappa shape index (κ1) is 14.7. The molecule has 0 fully saturated rings. The van der Waals surface area contributed by atoms with Gasteiger partial charge in [-0.15, -0.1) is 13.2 Å². The Labute approximate surface area is 118 Å². The highest BCUT2D eigenvalue weighted by Gasteiger charge is 2.31. The number of hydrogen-bond acceptors (Lipinski definition) is 2. The highest BCUT2D eigenvalue weighted by molar-refractivity contribution is 6.30. The number of rotatable bonds is 3. The van der Waals surface area contributed by atoms with Crippen LogP contribution in [0.25, 0.3) is 11.1 Å². The predicted molar refractivity (Wildman–Crippen MR) is 69.5 cm³/mol. The molecule has 0 aromatic heterocycles. The molecule has 0 amide bonds. The summed E-state index contributed by atoms with van der Waals surface area (Å²) in [5, 5.41) is 9.64. The fraction of sp³-hybridized carbons (Fsp3) is 0.143. The van der Waals surface area contributed by atoms with E-state index in [0.29, 0.717) is 21.7 Å². The van der Waals surface area contributed by atoms with Crippen LogP contribution in [0.2, 0.25) is 5.02 Å². The second kappa shape index (κ2) is 5.73. The first-order chi connectivity index (χ1) is 9.37. The molecular weight excluding hydrogens is 293 g/mol. The maximum absolute atomic E-state index is 12.3. The molecule has 2 nitrogen and oxygen atoms in total. The zero-order chi connectivity index (χ0) is 14.8. The molecular formula is C14H10ClF3O2. The van der Waals surface area contributed by atoms with Gasteiger partial charge in [0.1, 0.15) is 5.75 Å².